The fourth-order valence-corrected chi connectivity index (χ4v) is 10.4. The summed E-state index contributed by atoms with van der Waals surface area (Å²) >= 11 is 0. The lowest BCUT2D eigenvalue weighted by Crippen LogP contribution is -2.47. The van der Waals surface area contributed by atoms with Gasteiger partial charge in [0.05, 0.1) is 33.8 Å². The van der Waals surface area contributed by atoms with Crippen molar-refractivity contribution < 1.29 is 37.3 Å². The second-order valence-corrected chi connectivity index (χ2v) is 25.8. The highest BCUT2D eigenvalue weighted by atomic mass is 31.2. The Balaban J connectivity index is 5.16. The number of nitrogens with one attached hydrogen (secondary N) is 1. The second kappa shape index (κ2) is 62.7. The number of hydrogen-bond acceptors (Lipinski definition) is 6. The standard InChI is InChI=1S/C74H131N2O7P/c1-7-10-13-16-19-22-25-28-30-32-34-36-37-38-39-41-43-45-47-49-52-55-58-61-64-67-74(78)83-72(65-62-59-56-53-50-27-24-21-18-15-12-9-3)71(70-82-84(79,80)81-69-68-76(4,5)6)75-73(77)66-63-60-57-54-51-48-46-44-42-40-35-33-31-29-26-23-20-17-14-11-8-2/h11,14,19-20,22-23,28-31,35,40,44,46,51,54,62,65,71-72H,7-10,12-13,15-18,21,24-27,32-34,36-39,41-43,45,47-50,52-53,55-61,63-64,66-70H2,1-6H3,(H-,75,77,79,80)/p+1/b14-11-,22-19-,23-20-,30-28-,31-29-,40-35-,46-44-,54-51-,65-62+. The maximum atomic E-state index is 13.6. The Morgan fingerprint density at radius 1 is 0.429 bits per heavy atom. The molecule has 0 aromatic rings. The quantitative estimate of drug-likeness (QED) is 0.0205. The Morgan fingerprint density at radius 2 is 0.762 bits per heavy atom. The zero-order chi connectivity index (χ0) is 61.4. The molecule has 3 unspecified atom stereocenters. The van der Waals surface area contributed by atoms with Crippen molar-refractivity contribution in [2.75, 3.05) is 40.9 Å². The highest BCUT2D eigenvalue weighted by Crippen LogP contribution is 2.43. The van der Waals surface area contributed by atoms with Crippen LogP contribution in [0.2, 0.25) is 0 Å². The maximum Gasteiger partial charge on any atom is 0.472 e. The molecule has 84 heavy (non-hydrogen) atoms. The molecule has 0 aliphatic rings. The molecular formula is C74H132N2O7P+. The van der Waals surface area contributed by atoms with Crippen LogP contribution >= 0.6 is 7.82 Å². The van der Waals surface area contributed by atoms with Gasteiger partial charge in [0, 0.05) is 12.8 Å². The molecule has 0 radical (unpaired) electrons. The summed E-state index contributed by atoms with van der Waals surface area (Å²) in [5, 5.41) is 3.04. The molecule has 2 N–H and O–H groups in total. The minimum Gasteiger partial charge on any atom is -0.456 e. The first kappa shape index (κ1) is 80.7. The number of rotatable bonds is 62. The van der Waals surface area contributed by atoms with E-state index in [4.69, 9.17) is 13.8 Å². The van der Waals surface area contributed by atoms with Crippen LogP contribution in [0.3, 0.4) is 0 Å². The molecule has 10 heteroatoms. The van der Waals surface area contributed by atoms with Crippen molar-refractivity contribution in [2.45, 2.75) is 309 Å². The Morgan fingerprint density at radius 3 is 1.18 bits per heavy atom. The number of carbonyl (C=O) groups is 2. The Bertz CT molecular complexity index is 1810. The van der Waals surface area contributed by atoms with Crippen LogP contribution in [0, 0.1) is 0 Å². The number of likely N-dealkylation sites (N-methyl/N-ethyl adjacent to an activating group) is 1. The van der Waals surface area contributed by atoms with Gasteiger partial charge in [0.15, 0.2) is 0 Å². The van der Waals surface area contributed by atoms with Crippen molar-refractivity contribution in [3.8, 4) is 0 Å². The lowest BCUT2D eigenvalue weighted by Gasteiger charge is -2.27. The predicted molar refractivity (Wildman–Crippen MR) is 364 cm³/mol. The summed E-state index contributed by atoms with van der Waals surface area (Å²) in [5.41, 5.74) is 0. The van der Waals surface area contributed by atoms with Crippen LogP contribution in [0.25, 0.3) is 0 Å². The summed E-state index contributed by atoms with van der Waals surface area (Å²) in [6.45, 7) is 6.85. The van der Waals surface area contributed by atoms with Crippen LogP contribution in [-0.4, -0.2) is 74.3 Å². The van der Waals surface area contributed by atoms with E-state index in [0.29, 0.717) is 17.4 Å². The number of unbranched alkanes of at least 4 members (excludes halogenated alkanes) is 30. The van der Waals surface area contributed by atoms with Crippen molar-refractivity contribution in [1.82, 2.24) is 5.32 Å². The summed E-state index contributed by atoms with van der Waals surface area (Å²) in [5.74, 6) is -0.555. The van der Waals surface area contributed by atoms with Gasteiger partial charge in [-0.25, -0.2) is 4.57 Å². The highest BCUT2D eigenvalue weighted by Gasteiger charge is 2.30. The Hall–Kier alpha value is -3.33. The molecule has 1 amide bonds. The zero-order valence-corrected chi connectivity index (χ0v) is 56.3. The first-order chi connectivity index (χ1) is 40.9. The summed E-state index contributed by atoms with van der Waals surface area (Å²) in [4.78, 5) is 37.9. The van der Waals surface area contributed by atoms with Gasteiger partial charge in [-0.3, -0.25) is 18.6 Å². The number of nitrogens with zero attached hydrogens (tertiary/aromatic N) is 1. The molecule has 0 aromatic heterocycles. The molecule has 0 heterocycles. The summed E-state index contributed by atoms with van der Waals surface area (Å²) < 4.78 is 30.8. The van der Waals surface area contributed by atoms with Gasteiger partial charge in [0.1, 0.15) is 19.3 Å². The van der Waals surface area contributed by atoms with E-state index in [9.17, 15) is 19.0 Å². The topological polar surface area (TPSA) is 111 Å². The molecule has 0 rings (SSSR count). The smallest absolute Gasteiger partial charge is 0.456 e. The molecule has 0 bridgehead atoms. The molecule has 0 spiro atoms. The maximum absolute atomic E-state index is 13.6. The van der Waals surface area contributed by atoms with E-state index in [2.05, 4.69) is 123 Å². The number of phosphoric acid groups is 1. The number of esters is 1. The monoisotopic (exact) mass is 1190 g/mol. The fourth-order valence-electron chi connectivity index (χ4n) is 9.62. The van der Waals surface area contributed by atoms with Gasteiger partial charge < -0.3 is 19.4 Å². The van der Waals surface area contributed by atoms with Crippen molar-refractivity contribution in [2.24, 2.45) is 0 Å². The third kappa shape index (κ3) is 63.2. The third-order valence-electron chi connectivity index (χ3n) is 14.9. The van der Waals surface area contributed by atoms with Crippen molar-refractivity contribution >= 4 is 19.7 Å². The average Bonchev–Trinajstić information content (AvgIpc) is 3.64. The summed E-state index contributed by atoms with van der Waals surface area (Å²) in [6.07, 6.45) is 86.8. The highest BCUT2D eigenvalue weighted by molar-refractivity contribution is 7.47. The fraction of sp³-hybridized carbons (Fsp3) is 0.730. The van der Waals surface area contributed by atoms with Crippen LogP contribution in [0.4, 0.5) is 0 Å². The molecule has 0 aliphatic carbocycles. The second-order valence-electron chi connectivity index (χ2n) is 24.3. The molecule has 0 saturated heterocycles. The van der Waals surface area contributed by atoms with Crippen LogP contribution < -0.4 is 5.32 Å². The first-order valence-corrected chi connectivity index (χ1v) is 36.2. The van der Waals surface area contributed by atoms with E-state index in [0.717, 1.165) is 96.3 Å². The molecule has 0 aliphatic heterocycles. The number of hydrogen-bond donors (Lipinski definition) is 2. The van der Waals surface area contributed by atoms with Gasteiger partial charge in [-0.2, -0.15) is 0 Å². The number of quaternary nitrogens is 1. The largest absolute Gasteiger partial charge is 0.472 e. The lowest BCUT2D eigenvalue weighted by molar-refractivity contribution is -0.870. The van der Waals surface area contributed by atoms with Gasteiger partial charge in [0.25, 0.3) is 0 Å². The minimum absolute atomic E-state index is 0.0272. The summed E-state index contributed by atoms with van der Waals surface area (Å²) in [6, 6.07) is -0.878. The van der Waals surface area contributed by atoms with Crippen LogP contribution in [0.1, 0.15) is 297 Å². The van der Waals surface area contributed by atoms with E-state index in [-0.39, 0.29) is 37.9 Å². The molecule has 0 fully saturated rings. The average molecular weight is 1190 g/mol. The van der Waals surface area contributed by atoms with Gasteiger partial charge in [-0.1, -0.05) is 278 Å². The number of carbonyl (C=O) groups excluding carboxylic acids is 2. The molecule has 0 saturated carbocycles. The van der Waals surface area contributed by atoms with Gasteiger partial charge in [-0.15, -0.1) is 0 Å². The van der Waals surface area contributed by atoms with Crippen molar-refractivity contribution in [3.05, 3.63) is 109 Å². The number of amides is 1. The predicted octanol–water partition coefficient (Wildman–Crippen LogP) is 22.1. The van der Waals surface area contributed by atoms with E-state index >= 15 is 0 Å². The third-order valence-corrected chi connectivity index (χ3v) is 15.9. The van der Waals surface area contributed by atoms with Gasteiger partial charge >= 0.3 is 13.8 Å². The molecule has 9 nitrogen and oxygen atoms in total. The van der Waals surface area contributed by atoms with Crippen LogP contribution in [0.5, 0.6) is 0 Å². The van der Waals surface area contributed by atoms with Gasteiger partial charge in [-0.05, 0) is 115 Å². The minimum atomic E-state index is -4.47. The van der Waals surface area contributed by atoms with Crippen LogP contribution in [-0.2, 0) is 27.9 Å². The van der Waals surface area contributed by atoms with E-state index < -0.39 is 20.0 Å². The van der Waals surface area contributed by atoms with E-state index in [1.54, 1.807) is 0 Å². The first-order valence-electron chi connectivity index (χ1n) is 34.7. The SMILES string of the molecule is CC/C=C\C/C=C\C/C=C\C/C=C\C/C=C\C/C=C\CCCCC(=O)NC(COP(=O)(O)OCC[N+](C)(C)C)C(/C=C/CCCCCCCCCCCC)OC(=O)CCCCCCCCCCCCCCCCC/C=C\C/C=C\CCCCC. The van der Waals surface area contributed by atoms with Gasteiger partial charge in [0.2, 0.25) is 5.91 Å². The normalized spacial score (nSPS) is 14.2. The Labute approximate surface area is 519 Å². The van der Waals surface area contributed by atoms with E-state index in [1.807, 2.05) is 33.3 Å². The molecule has 484 valence electrons. The van der Waals surface area contributed by atoms with Crippen molar-refractivity contribution in [1.29, 1.82) is 0 Å². The molecule has 3 atom stereocenters. The molecule has 0 aromatic carbocycles. The number of ether oxygens (including phenoxy) is 1. The number of allylic oxidation sites excluding steroid dienone is 17. The van der Waals surface area contributed by atoms with E-state index in [1.165, 1.54) is 161 Å². The summed E-state index contributed by atoms with van der Waals surface area (Å²) in [7, 11) is 1.46. The Kier molecular flexibility index (Phi) is 60.2. The molecular weight excluding hydrogens is 1060 g/mol. The lowest BCUT2D eigenvalue weighted by atomic mass is 10.0. The van der Waals surface area contributed by atoms with Crippen molar-refractivity contribution in [3.63, 3.8) is 0 Å². The van der Waals surface area contributed by atoms with Crippen LogP contribution in [0.15, 0.2) is 109 Å². The number of phosphoric ester groups is 1. The zero-order valence-electron chi connectivity index (χ0n) is 55.4.